The predicted octanol–water partition coefficient (Wildman–Crippen LogP) is 5.84. The smallest absolute Gasteiger partial charge is 0.340 e. The fraction of sp³-hybridized carbons (Fsp3) is 0.281. The Morgan fingerprint density at radius 3 is 2.57 bits per heavy atom. The number of nitrogens with zero attached hydrogens (tertiary/aromatic N) is 5. The second-order valence-corrected chi connectivity index (χ2v) is 11.7. The summed E-state index contributed by atoms with van der Waals surface area (Å²) in [7, 11) is 3.17. The molecule has 4 heterocycles. The van der Waals surface area contributed by atoms with Gasteiger partial charge in [0.2, 0.25) is 0 Å². The van der Waals surface area contributed by atoms with Gasteiger partial charge < -0.3 is 19.1 Å². The highest BCUT2D eigenvalue weighted by Crippen LogP contribution is 2.44. The highest BCUT2D eigenvalue weighted by Gasteiger charge is 2.31. The third-order valence-corrected chi connectivity index (χ3v) is 9.00. The molecular formula is C32H30ClN5O5S. The highest BCUT2D eigenvalue weighted by molar-refractivity contribution is 7.19. The number of amides is 1. The van der Waals surface area contributed by atoms with Crippen LogP contribution in [0.4, 0.5) is 0 Å². The van der Waals surface area contributed by atoms with Crippen molar-refractivity contribution in [3.05, 3.63) is 87.4 Å². The average Bonchev–Trinajstić information content (AvgIpc) is 3.70. The van der Waals surface area contributed by atoms with Gasteiger partial charge >= 0.3 is 5.97 Å². The number of halogens is 1. The molecule has 6 rings (SSSR count). The summed E-state index contributed by atoms with van der Waals surface area (Å²) in [5.74, 6) is 0.612. The Balaban J connectivity index is 1.52. The van der Waals surface area contributed by atoms with Crippen molar-refractivity contribution in [2.24, 2.45) is 0 Å². The number of carbonyl (C=O) groups excluding carboxylic acids is 2. The Bertz CT molecular complexity index is 1840. The SMILES string of the molecule is CCOC(=O)c1c(CCn2cncn2)nc2sc3c(c2c1-c1ccc(OC)c(OC)c1)CCN(C(=O)c1ccc(Cl)cc1)C3. The molecule has 10 nitrogen and oxygen atoms in total. The number of benzene rings is 2. The van der Waals surface area contributed by atoms with Gasteiger partial charge in [-0.25, -0.2) is 14.8 Å². The molecule has 0 fully saturated rings. The monoisotopic (exact) mass is 631 g/mol. The molecule has 44 heavy (non-hydrogen) atoms. The molecule has 0 N–H and O–H groups in total. The maximum absolute atomic E-state index is 13.7. The fourth-order valence-corrected chi connectivity index (χ4v) is 6.97. The molecule has 0 radical (unpaired) electrons. The van der Waals surface area contributed by atoms with Crippen molar-refractivity contribution in [3.8, 4) is 22.6 Å². The number of hydrogen-bond donors (Lipinski definition) is 0. The quantitative estimate of drug-likeness (QED) is 0.187. The van der Waals surface area contributed by atoms with Gasteiger partial charge in [-0.3, -0.25) is 9.48 Å². The minimum absolute atomic E-state index is 0.0569. The van der Waals surface area contributed by atoms with Crippen LogP contribution < -0.4 is 9.47 Å². The predicted molar refractivity (Wildman–Crippen MR) is 168 cm³/mol. The van der Waals surface area contributed by atoms with E-state index >= 15 is 0 Å². The topological polar surface area (TPSA) is 109 Å². The average molecular weight is 632 g/mol. The summed E-state index contributed by atoms with van der Waals surface area (Å²) in [6, 6.07) is 12.6. The molecule has 0 saturated heterocycles. The van der Waals surface area contributed by atoms with E-state index in [9.17, 15) is 9.59 Å². The number of hydrogen-bond acceptors (Lipinski definition) is 9. The van der Waals surface area contributed by atoms with E-state index in [2.05, 4.69) is 10.1 Å². The first-order chi connectivity index (χ1) is 21.4. The second kappa shape index (κ2) is 12.6. The first-order valence-corrected chi connectivity index (χ1v) is 15.3. The van der Waals surface area contributed by atoms with Crippen LogP contribution in [0.25, 0.3) is 21.3 Å². The van der Waals surface area contributed by atoms with E-state index in [4.69, 9.17) is 30.8 Å². The zero-order valence-electron chi connectivity index (χ0n) is 24.5. The van der Waals surface area contributed by atoms with Crippen molar-refractivity contribution in [3.63, 3.8) is 0 Å². The first-order valence-electron chi connectivity index (χ1n) is 14.2. The minimum Gasteiger partial charge on any atom is -0.493 e. The fourth-order valence-electron chi connectivity index (χ4n) is 5.57. The van der Waals surface area contributed by atoms with Gasteiger partial charge in [0.25, 0.3) is 5.91 Å². The van der Waals surface area contributed by atoms with Gasteiger partial charge in [0.05, 0.1) is 38.6 Å². The van der Waals surface area contributed by atoms with E-state index in [0.717, 1.165) is 31.8 Å². The molecule has 12 heteroatoms. The molecule has 1 amide bonds. The Morgan fingerprint density at radius 1 is 1.07 bits per heavy atom. The normalized spacial score (nSPS) is 12.7. The zero-order valence-corrected chi connectivity index (χ0v) is 26.1. The molecule has 2 aromatic carbocycles. The molecule has 1 aliphatic heterocycles. The first kappa shape index (κ1) is 29.6. The number of methoxy groups -OCH3 is 2. The summed E-state index contributed by atoms with van der Waals surface area (Å²) < 4.78 is 18.5. The highest BCUT2D eigenvalue weighted by atomic mass is 35.5. The molecule has 0 unspecified atom stereocenters. The van der Waals surface area contributed by atoms with E-state index in [-0.39, 0.29) is 12.5 Å². The van der Waals surface area contributed by atoms with Gasteiger partial charge in [-0.15, -0.1) is 11.3 Å². The van der Waals surface area contributed by atoms with Crippen molar-refractivity contribution in [2.45, 2.75) is 32.9 Å². The third kappa shape index (κ3) is 5.60. The number of fused-ring (bicyclic) bond motifs is 3. The van der Waals surface area contributed by atoms with Crippen LogP contribution >= 0.6 is 22.9 Å². The van der Waals surface area contributed by atoms with Gasteiger partial charge in [0.15, 0.2) is 11.5 Å². The number of pyridine rings is 1. The van der Waals surface area contributed by atoms with Crippen LogP contribution in [-0.2, 0) is 30.7 Å². The number of rotatable bonds is 9. The summed E-state index contributed by atoms with van der Waals surface area (Å²) in [5.41, 5.74) is 4.19. The van der Waals surface area contributed by atoms with Crippen LogP contribution in [0.2, 0.25) is 5.02 Å². The van der Waals surface area contributed by atoms with E-state index in [1.807, 2.05) is 23.1 Å². The van der Waals surface area contributed by atoms with E-state index in [0.29, 0.717) is 65.8 Å². The maximum Gasteiger partial charge on any atom is 0.340 e. The van der Waals surface area contributed by atoms with Crippen LogP contribution in [0, 0.1) is 0 Å². The summed E-state index contributed by atoms with van der Waals surface area (Å²) in [6.45, 7) is 3.44. The van der Waals surface area contributed by atoms with Crippen molar-refractivity contribution in [2.75, 3.05) is 27.4 Å². The van der Waals surface area contributed by atoms with Crippen LogP contribution in [0.3, 0.4) is 0 Å². The second-order valence-electron chi connectivity index (χ2n) is 10.2. The summed E-state index contributed by atoms with van der Waals surface area (Å²) in [6.07, 6.45) is 4.14. The Hall–Kier alpha value is -4.48. The number of thiophene rings is 1. The van der Waals surface area contributed by atoms with Gasteiger partial charge in [0, 0.05) is 45.9 Å². The van der Waals surface area contributed by atoms with Gasteiger partial charge in [-0.1, -0.05) is 17.7 Å². The summed E-state index contributed by atoms with van der Waals surface area (Å²) in [5, 5.41) is 5.70. The van der Waals surface area contributed by atoms with Crippen molar-refractivity contribution in [1.82, 2.24) is 24.6 Å². The van der Waals surface area contributed by atoms with Crippen molar-refractivity contribution >= 4 is 45.0 Å². The standard InChI is InChI=1S/C32H30ClN5O5S/c1-4-43-32(40)29-23(12-14-38-18-34-17-35-38)36-30-28(27(29)20-7-10-24(41-2)25(15-20)42-3)22-11-13-37(16-26(22)44-30)31(39)19-5-8-21(33)9-6-19/h5-10,15,17-18H,4,11-14,16H2,1-3H3. The zero-order chi connectivity index (χ0) is 30.8. The Kier molecular flexibility index (Phi) is 8.49. The van der Waals surface area contributed by atoms with Crippen LogP contribution in [0.15, 0.2) is 55.1 Å². The lowest BCUT2D eigenvalue weighted by Gasteiger charge is -2.27. The third-order valence-electron chi connectivity index (χ3n) is 7.64. The molecule has 0 atom stereocenters. The number of aromatic nitrogens is 4. The maximum atomic E-state index is 13.7. The van der Waals surface area contributed by atoms with E-state index in [1.54, 1.807) is 67.8 Å². The molecule has 5 aromatic rings. The van der Waals surface area contributed by atoms with Crippen molar-refractivity contribution in [1.29, 1.82) is 0 Å². The number of ether oxygens (including phenoxy) is 3. The Morgan fingerprint density at radius 2 is 1.86 bits per heavy atom. The number of aryl methyl sites for hydroxylation is 2. The van der Waals surface area contributed by atoms with Crippen LogP contribution in [0.1, 0.15) is 43.8 Å². The lowest BCUT2D eigenvalue weighted by atomic mass is 9.91. The summed E-state index contributed by atoms with van der Waals surface area (Å²) >= 11 is 7.60. The van der Waals surface area contributed by atoms with Crippen LogP contribution in [-0.4, -0.2) is 63.9 Å². The molecular weight excluding hydrogens is 602 g/mol. The molecule has 0 bridgehead atoms. The van der Waals surface area contributed by atoms with Crippen molar-refractivity contribution < 1.29 is 23.8 Å². The Labute approximate surface area is 263 Å². The van der Waals surface area contributed by atoms with Gasteiger partial charge in [-0.05, 0) is 60.9 Å². The largest absolute Gasteiger partial charge is 0.493 e. The molecule has 1 aliphatic rings. The summed E-state index contributed by atoms with van der Waals surface area (Å²) in [4.78, 5) is 39.9. The van der Waals surface area contributed by atoms with Gasteiger partial charge in [0.1, 0.15) is 17.5 Å². The molecule has 3 aromatic heterocycles. The lowest BCUT2D eigenvalue weighted by Crippen LogP contribution is -2.35. The number of esters is 1. The molecule has 0 aliphatic carbocycles. The van der Waals surface area contributed by atoms with Gasteiger partial charge in [-0.2, -0.15) is 5.10 Å². The molecule has 0 spiro atoms. The van der Waals surface area contributed by atoms with E-state index < -0.39 is 5.97 Å². The minimum atomic E-state index is -0.449. The molecule has 226 valence electrons. The van der Waals surface area contributed by atoms with E-state index in [1.165, 1.54) is 6.33 Å². The number of carbonyl (C=O) groups is 2. The van der Waals surface area contributed by atoms with Crippen LogP contribution in [0.5, 0.6) is 11.5 Å². The molecule has 0 saturated carbocycles. The lowest BCUT2D eigenvalue weighted by molar-refractivity contribution is 0.0525.